The molecule has 0 unspecified atom stereocenters. The van der Waals surface area contributed by atoms with Crippen molar-refractivity contribution >= 4 is 15.9 Å². The molecule has 7 heteroatoms. The van der Waals surface area contributed by atoms with Crippen molar-refractivity contribution in [2.24, 2.45) is 11.8 Å². The molecule has 2 fully saturated rings. The van der Waals surface area contributed by atoms with E-state index in [0.717, 1.165) is 6.42 Å². The van der Waals surface area contributed by atoms with Crippen molar-refractivity contribution in [2.45, 2.75) is 18.2 Å². The van der Waals surface area contributed by atoms with Gasteiger partial charge in [-0.15, -0.1) is 0 Å². The highest BCUT2D eigenvalue weighted by Gasteiger charge is 2.42. The van der Waals surface area contributed by atoms with E-state index in [1.54, 1.807) is 17.0 Å². The summed E-state index contributed by atoms with van der Waals surface area (Å²) >= 11 is 0. The number of benzene rings is 1. The molecule has 23 heavy (non-hydrogen) atoms. The number of amides is 1. The predicted octanol–water partition coefficient (Wildman–Crippen LogP) is 1.05. The molecular formula is C16H19N3O3S. The second kappa shape index (κ2) is 5.95. The van der Waals surface area contributed by atoms with Crippen LogP contribution in [-0.2, 0) is 14.8 Å². The highest BCUT2D eigenvalue weighted by Crippen LogP contribution is 2.39. The zero-order chi connectivity index (χ0) is 16.6. The Morgan fingerprint density at radius 1 is 1.22 bits per heavy atom. The van der Waals surface area contributed by atoms with Gasteiger partial charge < -0.3 is 4.90 Å². The quantitative estimate of drug-likeness (QED) is 0.828. The van der Waals surface area contributed by atoms with Crippen LogP contribution in [-0.4, -0.2) is 49.7 Å². The summed E-state index contributed by atoms with van der Waals surface area (Å²) in [6, 6.07) is 8.14. The Morgan fingerprint density at radius 2 is 1.83 bits per heavy atom. The Balaban J connectivity index is 1.72. The highest BCUT2D eigenvalue weighted by atomic mass is 32.2. The molecule has 6 nitrogen and oxygen atoms in total. The highest BCUT2D eigenvalue weighted by molar-refractivity contribution is 7.89. The van der Waals surface area contributed by atoms with Crippen LogP contribution in [0.1, 0.15) is 18.9 Å². The van der Waals surface area contributed by atoms with Crippen molar-refractivity contribution in [3.05, 3.63) is 29.8 Å². The lowest BCUT2D eigenvalue weighted by atomic mass is 10.2. The van der Waals surface area contributed by atoms with E-state index < -0.39 is 10.0 Å². The lowest BCUT2D eigenvalue weighted by molar-refractivity contribution is -0.134. The molecule has 1 saturated carbocycles. The minimum Gasteiger partial charge on any atom is -0.340 e. The summed E-state index contributed by atoms with van der Waals surface area (Å²) in [5.74, 6) is 0.719. The predicted molar refractivity (Wildman–Crippen MR) is 83.8 cm³/mol. The molecule has 0 radical (unpaired) electrons. The number of nitrogens with zero attached hydrogens (tertiary/aromatic N) is 3. The Bertz CT molecular complexity index is 761. The van der Waals surface area contributed by atoms with E-state index in [1.165, 1.54) is 16.4 Å². The first-order valence-corrected chi connectivity index (χ1v) is 9.17. The van der Waals surface area contributed by atoms with Gasteiger partial charge in [0.15, 0.2) is 0 Å². The molecule has 0 spiro atoms. The van der Waals surface area contributed by atoms with Crippen LogP contribution in [0, 0.1) is 23.2 Å². The molecule has 1 aliphatic carbocycles. The van der Waals surface area contributed by atoms with E-state index in [2.05, 4.69) is 6.92 Å². The summed E-state index contributed by atoms with van der Waals surface area (Å²) in [4.78, 5) is 14.0. The summed E-state index contributed by atoms with van der Waals surface area (Å²) in [6.07, 6.45) is 0.937. The molecule has 122 valence electrons. The van der Waals surface area contributed by atoms with Crippen LogP contribution in [0.4, 0.5) is 0 Å². The van der Waals surface area contributed by atoms with Crippen molar-refractivity contribution in [3.8, 4) is 6.07 Å². The Hall–Kier alpha value is -1.91. The standard InChI is InChI=1S/C16H19N3O3S/c1-12-10-14(12)16(20)18-6-8-19(9-7-18)23(21,22)15-5-3-2-4-13(15)11-17/h2-5,12,14H,6-10H2,1H3/t12-,14-/m0/s1. The monoisotopic (exact) mass is 333 g/mol. The van der Waals surface area contributed by atoms with Gasteiger partial charge in [0.25, 0.3) is 0 Å². The second-order valence-corrected chi connectivity index (χ2v) is 8.06. The Labute approximate surface area is 136 Å². The molecule has 1 aromatic carbocycles. The van der Waals surface area contributed by atoms with Crippen LogP contribution in [0.15, 0.2) is 29.2 Å². The minimum absolute atomic E-state index is 0.0399. The van der Waals surface area contributed by atoms with Gasteiger partial charge in [0.1, 0.15) is 6.07 Å². The SMILES string of the molecule is C[C@H]1C[C@@H]1C(=O)N1CCN(S(=O)(=O)c2ccccc2C#N)CC1. The van der Waals surface area contributed by atoms with E-state index in [9.17, 15) is 13.2 Å². The number of carbonyl (C=O) groups is 1. The van der Waals surface area contributed by atoms with Crippen LogP contribution < -0.4 is 0 Å². The maximum absolute atomic E-state index is 12.7. The van der Waals surface area contributed by atoms with Gasteiger partial charge in [-0.3, -0.25) is 4.79 Å². The minimum atomic E-state index is -3.70. The summed E-state index contributed by atoms with van der Waals surface area (Å²) < 4.78 is 26.8. The van der Waals surface area contributed by atoms with Gasteiger partial charge in [-0.2, -0.15) is 9.57 Å². The summed E-state index contributed by atoms with van der Waals surface area (Å²) in [6.45, 7) is 3.43. The first-order chi connectivity index (χ1) is 10.9. The second-order valence-electron chi connectivity index (χ2n) is 6.16. The van der Waals surface area contributed by atoms with Crippen LogP contribution in [0.25, 0.3) is 0 Å². The van der Waals surface area contributed by atoms with Gasteiger partial charge in [0.05, 0.1) is 10.5 Å². The zero-order valence-corrected chi connectivity index (χ0v) is 13.8. The summed E-state index contributed by atoms with van der Waals surface area (Å²) in [7, 11) is -3.70. The Morgan fingerprint density at radius 3 is 2.39 bits per heavy atom. The maximum Gasteiger partial charge on any atom is 0.244 e. The molecule has 2 aliphatic rings. The maximum atomic E-state index is 12.7. The fourth-order valence-electron chi connectivity index (χ4n) is 2.97. The fraction of sp³-hybridized carbons (Fsp3) is 0.500. The molecular weight excluding hydrogens is 314 g/mol. The van der Waals surface area contributed by atoms with Crippen LogP contribution in [0.2, 0.25) is 0 Å². The van der Waals surface area contributed by atoms with E-state index in [0.29, 0.717) is 19.0 Å². The van der Waals surface area contributed by atoms with E-state index in [4.69, 9.17) is 5.26 Å². The van der Waals surface area contributed by atoms with Gasteiger partial charge in [0, 0.05) is 32.1 Å². The average Bonchev–Trinajstić information content (AvgIpc) is 3.31. The molecule has 0 bridgehead atoms. The van der Waals surface area contributed by atoms with Crippen LogP contribution >= 0.6 is 0 Å². The van der Waals surface area contributed by atoms with Crippen LogP contribution in [0.3, 0.4) is 0 Å². The third-order valence-electron chi connectivity index (χ3n) is 4.60. The van der Waals surface area contributed by atoms with Crippen molar-refractivity contribution < 1.29 is 13.2 Å². The Kier molecular flexibility index (Phi) is 4.13. The largest absolute Gasteiger partial charge is 0.340 e. The fourth-order valence-corrected chi connectivity index (χ4v) is 4.54. The zero-order valence-electron chi connectivity index (χ0n) is 13.0. The number of piperazine rings is 1. The number of hydrogen-bond donors (Lipinski definition) is 0. The molecule has 0 aromatic heterocycles. The van der Waals surface area contributed by atoms with E-state index in [-0.39, 0.29) is 35.4 Å². The topological polar surface area (TPSA) is 81.5 Å². The lowest BCUT2D eigenvalue weighted by Crippen LogP contribution is -2.51. The molecule has 1 amide bonds. The number of carbonyl (C=O) groups excluding carboxylic acids is 1. The molecule has 0 N–H and O–H groups in total. The van der Waals surface area contributed by atoms with Crippen molar-refractivity contribution in [3.63, 3.8) is 0 Å². The third kappa shape index (κ3) is 2.96. The number of hydrogen-bond acceptors (Lipinski definition) is 4. The van der Waals surface area contributed by atoms with Crippen molar-refractivity contribution in [2.75, 3.05) is 26.2 Å². The summed E-state index contributed by atoms with van der Waals surface area (Å²) in [5.41, 5.74) is 0.151. The molecule has 1 aliphatic heterocycles. The van der Waals surface area contributed by atoms with Gasteiger partial charge in [-0.05, 0) is 24.5 Å². The van der Waals surface area contributed by atoms with E-state index in [1.807, 2.05) is 6.07 Å². The molecule has 3 rings (SSSR count). The number of sulfonamides is 1. The number of rotatable bonds is 3. The third-order valence-corrected chi connectivity index (χ3v) is 6.56. The number of nitriles is 1. The lowest BCUT2D eigenvalue weighted by Gasteiger charge is -2.34. The van der Waals surface area contributed by atoms with E-state index >= 15 is 0 Å². The molecule has 1 heterocycles. The first-order valence-electron chi connectivity index (χ1n) is 7.73. The van der Waals surface area contributed by atoms with Crippen molar-refractivity contribution in [1.29, 1.82) is 5.26 Å². The van der Waals surface area contributed by atoms with Crippen molar-refractivity contribution in [1.82, 2.24) is 9.21 Å². The molecule has 1 aromatic rings. The molecule has 2 atom stereocenters. The first kappa shape index (κ1) is 16.0. The van der Waals surface area contributed by atoms with Gasteiger partial charge >= 0.3 is 0 Å². The normalized spacial score (nSPS) is 25.0. The van der Waals surface area contributed by atoms with Crippen LogP contribution in [0.5, 0.6) is 0 Å². The van der Waals surface area contributed by atoms with Gasteiger partial charge in [-0.25, -0.2) is 8.42 Å². The van der Waals surface area contributed by atoms with Gasteiger partial charge in [-0.1, -0.05) is 19.1 Å². The summed E-state index contributed by atoms with van der Waals surface area (Å²) in [5, 5.41) is 9.10. The van der Waals surface area contributed by atoms with Gasteiger partial charge in [0.2, 0.25) is 15.9 Å². The molecule has 1 saturated heterocycles. The smallest absolute Gasteiger partial charge is 0.244 e. The average molecular weight is 333 g/mol.